The summed E-state index contributed by atoms with van der Waals surface area (Å²) in [7, 11) is 0. The largest absolute Gasteiger partial charge is 0.320 e. The minimum atomic E-state index is -0.619. The molecule has 1 nitrogen and oxygen atoms in total. The average Bonchev–Trinajstić information content (AvgIpc) is 2.29. The maximum atomic E-state index is 13.6. The van der Waals surface area contributed by atoms with E-state index >= 15 is 0 Å². The summed E-state index contributed by atoms with van der Waals surface area (Å²) in [5.74, 6) is -0.724. The topological polar surface area (TPSA) is 26.0 Å². The Morgan fingerprint density at radius 1 is 1.00 bits per heavy atom. The Hall–Kier alpha value is -1.26. The van der Waals surface area contributed by atoms with Crippen LogP contribution in [0.25, 0.3) is 0 Å². The van der Waals surface area contributed by atoms with Crippen LogP contribution in [0.4, 0.5) is 8.78 Å². The van der Waals surface area contributed by atoms with Gasteiger partial charge >= 0.3 is 0 Å². The van der Waals surface area contributed by atoms with Gasteiger partial charge in [-0.3, -0.25) is 0 Å². The third-order valence-electron chi connectivity index (χ3n) is 2.54. The van der Waals surface area contributed by atoms with Gasteiger partial charge in [0, 0.05) is 10.0 Å². The molecule has 0 aromatic heterocycles. The molecule has 1 unspecified atom stereocenters. The molecule has 0 aliphatic carbocycles. The summed E-state index contributed by atoms with van der Waals surface area (Å²) in [5, 5.41) is 0. The zero-order chi connectivity index (χ0) is 12.4. The van der Waals surface area contributed by atoms with Gasteiger partial charge in [-0.1, -0.05) is 40.2 Å². The van der Waals surface area contributed by atoms with Gasteiger partial charge in [-0.05, 0) is 23.8 Å². The number of hydrogen-bond acceptors (Lipinski definition) is 1. The molecule has 2 aromatic carbocycles. The Balaban J connectivity index is 2.44. The Morgan fingerprint density at radius 3 is 2.35 bits per heavy atom. The van der Waals surface area contributed by atoms with Crippen molar-refractivity contribution in [3.05, 3.63) is 69.7 Å². The van der Waals surface area contributed by atoms with E-state index in [1.165, 1.54) is 18.2 Å². The minimum Gasteiger partial charge on any atom is -0.320 e. The van der Waals surface area contributed by atoms with Crippen molar-refractivity contribution < 1.29 is 8.78 Å². The van der Waals surface area contributed by atoms with Gasteiger partial charge in [-0.25, -0.2) is 8.78 Å². The van der Waals surface area contributed by atoms with Crippen molar-refractivity contribution >= 4 is 15.9 Å². The molecule has 0 aliphatic heterocycles. The van der Waals surface area contributed by atoms with Crippen LogP contribution >= 0.6 is 15.9 Å². The summed E-state index contributed by atoms with van der Waals surface area (Å²) in [6.07, 6.45) is 0. The number of hydrogen-bond donors (Lipinski definition) is 1. The SMILES string of the molecule is NC(c1ccccc1F)c1ccc(F)cc1Br. The first-order valence-electron chi connectivity index (χ1n) is 5.04. The van der Waals surface area contributed by atoms with E-state index in [0.29, 0.717) is 15.6 Å². The quantitative estimate of drug-likeness (QED) is 0.897. The molecule has 0 heterocycles. The van der Waals surface area contributed by atoms with Crippen LogP contribution in [0.5, 0.6) is 0 Å². The number of nitrogens with two attached hydrogens (primary N) is 1. The van der Waals surface area contributed by atoms with Crippen LogP contribution in [-0.2, 0) is 0 Å². The average molecular weight is 298 g/mol. The first-order valence-corrected chi connectivity index (χ1v) is 5.84. The summed E-state index contributed by atoms with van der Waals surface area (Å²) in [5.41, 5.74) is 7.01. The second-order valence-corrected chi connectivity index (χ2v) is 4.52. The number of halogens is 3. The zero-order valence-corrected chi connectivity index (χ0v) is 10.4. The predicted octanol–water partition coefficient (Wildman–Crippen LogP) is 3.78. The highest BCUT2D eigenvalue weighted by molar-refractivity contribution is 9.10. The van der Waals surface area contributed by atoms with Crippen molar-refractivity contribution in [1.29, 1.82) is 0 Å². The standard InChI is InChI=1S/C13H10BrF2N/c14-11-7-8(15)5-6-9(11)13(17)10-3-1-2-4-12(10)16/h1-7,13H,17H2. The van der Waals surface area contributed by atoms with Gasteiger partial charge in [-0.2, -0.15) is 0 Å². The van der Waals surface area contributed by atoms with Crippen molar-refractivity contribution in [3.63, 3.8) is 0 Å². The molecular weight excluding hydrogens is 288 g/mol. The van der Waals surface area contributed by atoms with Crippen molar-refractivity contribution in [3.8, 4) is 0 Å². The molecule has 2 aromatic rings. The smallest absolute Gasteiger partial charge is 0.128 e. The number of rotatable bonds is 2. The molecule has 0 amide bonds. The van der Waals surface area contributed by atoms with Crippen LogP contribution < -0.4 is 5.73 Å². The van der Waals surface area contributed by atoms with E-state index in [2.05, 4.69) is 15.9 Å². The Labute approximate surface area is 106 Å². The highest BCUT2D eigenvalue weighted by Gasteiger charge is 2.15. The van der Waals surface area contributed by atoms with Gasteiger partial charge in [0.25, 0.3) is 0 Å². The van der Waals surface area contributed by atoms with Crippen molar-refractivity contribution in [1.82, 2.24) is 0 Å². The molecule has 88 valence electrons. The molecule has 4 heteroatoms. The van der Waals surface area contributed by atoms with Gasteiger partial charge < -0.3 is 5.73 Å². The Morgan fingerprint density at radius 2 is 1.71 bits per heavy atom. The van der Waals surface area contributed by atoms with Crippen molar-refractivity contribution in [2.24, 2.45) is 5.73 Å². The molecule has 0 saturated carbocycles. The zero-order valence-electron chi connectivity index (χ0n) is 8.83. The van der Waals surface area contributed by atoms with Crippen LogP contribution in [0.3, 0.4) is 0 Å². The third-order valence-corrected chi connectivity index (χ3v) is 3.22. The summed E-state index contributed by atoms with van der Waals surface area (Å²) in [6.45, 7) is 0. The highest BCUT2D eigenvalue weighted by Crippen LogP contribution is 2.28. The summed E-state index contributed by atoms with van der Waals surface area (Å²) in [4.78, 5) is 0. The fourth-order valence-electron chi connectivity index (χ4n) is 1.65. The Bertz CT molecular complexity index is 543. The minimum absolute atomic E-state index is 0.360. The third kappa shape index (κ3) is 2.53. The molecule has 0 fully saturated rings. The molecule has 0 aliphatic rings. The Kier molecular flexibility index (Phi) is 3.54. The van der Waals surface area contributed by atoms with Gasteiger partial charge in [0.1, 0.15) is 11.6 Å². The van der Waals surface area contributed by atoms with E-state index < -0.39 is 6.04 Å². The van der Waals surface area contributed by atoms with E-state index in [4.69, 9.17) is 5.73 Å². The van der Waals surface area contributed by atoms with E-state index in [0.717, 1.165) is 0 Å². The fourth-order valence-corrected chi connectivity index (χ4v) is 2.25. The lowest BCUT2D eigenvalue weighted by Crippen LogP contribution is -2.14. The summed E-state index contributed by atoms with van der Waals surface area (Å²) in [6, 6.07) is 9.85. The van der Waals surface area contributed by atoms with Gasteiger partial charge in [-0.15, -0.1) is 0 Å². The molecule has 2 rings (SSSR count). The summed E-state index contributed by atoms with van der Waals surface area (Å²) < 4.78 is 27.1. The van der Waals surface area contributed by atoms with E-state index in [1.807, 2.05) is 0 Å². The normalized spacial score (nSPS) is 12.5. The monoisotopic (exact) mass is 297 g/mol. The van der Waals surface area contributed by atoms with Crippen LogP contribution in [-0.4, -0.2) is 0 Å². The molecule has 2 N–H and O–H groups in total. The fraction of sp³-hybridized carbons (Fsp3) is 0.0769. The lowest BCUT2D eigenvalue weighted by atomic mass is 9.99. The van der Waals surface area contributed by atoms with Gasteiger partial charge in [0.2, 0.25) is 0 Å². The molecule has 0 spiro atoms. The maximum Gasteiger partial charge on any atom is 0.128 e. The van der Waals surface area contributed by atoms with Crippen molar-refractivity contribution in [2.45, 2.75) is 6.04 Å². The molecular formula is C13H10BrF2N. The summed E-state index contributed by atoms with van der Waals surface area (Å²) >= 11 is 3.23. The van der Waals surface area contributed by atoms with E-state index in [1.54, 1.807) is 24.3 Å². The lowest BCUT2D eigenvalue weighted by Gasteiger charge is -2.15. The maximum absolute atomic E-state index is 13.6. The van der Waals surface area contributed by atoms with Crippen molar-refractivity contribution in [2.75, 3.05) is 0 Å². The van der Waals surface area contributed by atoms with Gasteiger partial charge in [0.15, 0.2) is 0 Å². The molecule has 0 bridgehead atoms. The molecule has 17 heavy (non-hydrogen) atoms. The van der Waals surface area contributed by atoms with E-state index in [9.17, 15) is 8.78 Å². The van der Waals surface area contributed by atoms with Crippen LogP contribution in [0.1, 0.15) is 17.2 Å². The second kappa shape index (κ2) is 4.94. The van der Waals surface area contributed by atoms with Crippen LogP contribution in [0.2, 0.25) is 0 Å². The lowest BCUT2D eigenvalue weighted by molar-refractivity contribution is 0.598. The molecule has 1 atom stereocenters. The van der Waals surface area contributed by atoms with Crippen LogP contribution in [0.15, 0.2) is 46.9 Å². The first-order chi connectivity index (χ1) is 8.09. The number of benzene rings is 2. The van der Waals surface area contributed by atoms with E-state index in [-0.39, 0.29) is 11.6 Å². The first kappa shape index (κ1) is 12.2. The van der Waals surface area contributed by atoms with Gasteiger partial charge in [0.05, 0.1) is 6.04 Å². The molecule has 0 radical (unpaired) electrons. The van der Waals surface area contributed by atoms with Crippen LogP contribution in [0, 0.1) is 11.6 Å². The second-order valence-electron chi connectivity index (χ2n) is 3.67. The molecule has 0 saturated heterocycles. The predicted molar refractivity (Wildman–Crippen MR) is 66.5 cm³/mol. The highest BCUT2D eigenvalue weighted by atomic mass is 79.9.